The van der Waals surface area contributed by atoms with E-state index in [1.54, 1.807) is 0 Å². The molecule has 1 nitrogen and oxygen atoms in total. The van der Waals surface area contributed by atoms with E-state index in [9.17, 15) is 0 Å². The average molecular weight is 238 g/mol. The van der Waals surface area contributed by atoms with Gasteiger partial charge in [0.15, 0.2) is 0 Å². The molecule has 2 aromatic rings. The topological polar surface area (TPSA) is 15.8 Å². The smallest absolute Gasteiger partial charge is 0.0456 e. The second-order valence-electron chi connectivity index (χ2n) is 3.34. The second kappa shape index (κ2) is 3.54. The van der Waals surface area contributed by atoms with Gasteiger partial charge in [-0.1, -0.05) is 41.1 Å². The van der Waals surface area contributed by atoms with Crippen LogP contribution in [0.25, 0.3) is 10.9 Å². The number of aromatic amines is 1. The Bertz CT molecular complexity index is 405. The van der Waals surface area contributed by atoms with Crippen molar-refractivity contribution < 1.29 is 0 Å². The number of fused-ring (bicyclic) bond motifs is 1. The molecule has 0 fully saturated rings. The molecule has 0 amide bonds. The number of aromatic nitrogens is 1. The van der Waals surface area contributed by atoms with E-state index in [1.165, 1.54) is 16.5 Å². The summed E-state index contributed by atoms with van der Waals surface area (Å²) in [7, 11) is 0. The summed E-state index contributed by atoms with van der Waals surface area (Å²) in [5.41, 5.74) is 2.62. The van der Waals surface area contributed by atoms with Gasteiger partial charge in [-0.15, -0.1) is 0 Å². The van der Waals surface area contributed by atoms with Gasteiger partial charge < -0.3 is 4.98 Å². The van der Waals surface area contributed by atoms with Crippen molar-refractivity contribution in [1.82, 2.24) is 4.98 Å². The highest BCUT2D eigenvalue weighted by atomic mass is 79.9. The fourth-order valence-corrected chi connectivity index (χ4v) is 1.93. The van der Waals surface area contributed by atoms with E-state index in [2.05, 4.69) is 58.3 Å². The highest BCUT2D eigenvalue weighted by Gasteiger charge is 2.08. The van der Waals surface area contributed by atoms with E-state index in [0.717, 1.165) is 5.33 Å². The van der Waals surface area contributed by atoms with Crippen LogP contribution in [0.1, 0.15) is 18.4 Å². The lowest BCUT2D eigenvalue weighted by Gasteiger charge is -2.04. The fourth-order valence-electron chi connectivity index (χ4n) is 1.58. The first-order valence-electron chi connectivity index (χ1n) is 4.45. The number of halogens is 1. The van der Waals surface area contributed by atoms with E-state index in [4.69, 9.17) is 0 Å². The van der Waals surface area contributed by atoms with E-state index < -0.39 is 0 Å². The van der Waals surface area contributed by atoms with Gasteiger partial charge in [-0.2, -0.15) is 0 Å². The summed E-state index contributed by atoms with van der Waals surface area (Å²) in [6, 6.07) is 8.42. The molecule has 0 spiro atoms. The van der Waals surface area contributed by atoms with Gasteiger partial charge in [-0.3, -0.25) is 0 Å². The maximum atomic E-state index is 3.51. The zero-order valence-electron chi connectivity index (χ0n) is 7.55. The third kappa shape index (κ3) is 1.51. The van der Waals surface area contributed by atoms with Crippen LogP contribution in [-0.4, -0.2) is 10.3 Å². The average Bonchev–Trinajstić information content (AvgIpc) is 2.60. The molecule has 0 saturated carbocycles. The molecule has 13 heavy (non-hydrogen) atoms. The van der Waals surface area contributed by atoms with Gasteiger partial charge in [0.1, 0.15) is 0 Å². The van der Waals surface area contributed by atoms with Crippen molar-refractivity contribution >= 4 is 26.8 Å². The summed E-state index contributed by atoms with van der Waals surface area (Å²) in [4.78, 5) is 3.28. The van der Waals surface area contributed by atoms with Crippen molar-refractivity contribution in [3.63, 3.8) is 0 Å². The lowest BCUT2D eigenvalue weighted by atomic mass is 10.0. The van der Waals surface area contributed by atoms with Crippen LogP contribution in [0.3, 0.4) is 0 Å². The Morgan fingerprint density at radius 1 is 1.38 bits per heavy atom. The van der Waals surface area contributed by atoms with Gasteiger partial charge in [0, 0.05) is 22.4 Å². The maximum absolute atomic E-state index is 3.51. The molecule has 0 aliphatic rings. The van der Waals surface area contributed by atoms with Crippen molar-refractivity contribution in [3.05, 3.63) is 36.0 Å². The number of benzene rings is 1. The van der Waals surface area contributed by atoms with Gasteiger partial charge >= 0.3 is 0 Å². The predicted octanol–water partition coefficient (Wildman–Crippen LogP) is 3.67. The molecular weight excluding hydrogens is 226 g/mol. The summed E-state index contributed by atoms with van der Waals surface area (Å²) in [6.07, 6.45) is 2.11. The van der Waals surface area contributed by atoms with Gasteiger partial charge in [-0.05, 0) is 17.5 Å². The fraction of sp³-hybridized carbons (Fsp3) is 0.273. The lowest BCUT2D eigenvalue weighted by molar-refractivity contribution is 0.897. The van der Waals surface area contributed by atoms with Crippen LogP contribution in [0.2, 0.25) is 0 Å². The first-order chi connectivity index (χ1) is 6.33. The first-order valence-corrected chi connectivity index (χ1v) is 5.57. The van der Waals surface area contributed by atoms with Crippen molar-refractivity contribution in [3.8, 4) is 0 Å². The molecule has 68 valence electrons. The monoisotopic (exact) mass is 237 g/mol. The summed E-state index contributed by atoms with van der Waals surface area (Å²) in [5.74, 6) is 0.566. The largest absolute Gasteiger partial charge is 0.361 e. The van der Waals surface area contributed by atoms with Crippen molar-refractivity contribution in [2.75, 3.05) is 5.33 Å². The van der Waals surface area contributed by atoms with E-state index >= 15 is 0 Å². The van der Waals surface area contributed by atoms with Gasteiger partial charge in [0.05, 0.1) is 0 Å². The minimum atomic E-state index is 0.566. The molecule has 0 saturated heterocycles. The molecule has 1 atom stereocenters. The third-order valence-electron chi connectivity index (χ3n) is 2.38. The Labute approximate surface area is 86.3 Å². The van der Waals surface area contributed by atoms with Crippen LogP contribution in [0, 0.1) is 0 Å². The summed E-state index contributed by atoms with van der Waals surface area (Å²) < 4.78 is 0. The first kappa shape index (κ1) is 8.82. The molecule has 1 aromatic carbocycles. The minimum Gasteiger partial charge on any atom is -0.361 e. The van der Waals surface area contributed by atoms with Crippen LogP contribution in [0.5, 0.6) is 0 Å². The number of hydrogen-bond donors (Lipinski definition) is 1. The van der Waals surface area contributed by atoms with Crippen molar-refractivity contribution in [2.24, 2.45) is 0 Å². The van der Waals surface area contributed by atoms with Crippen LogP contribution in [-0.2, 0) is 0 Å². The van der Waals surface area contributed by atoms with Gasteiger partial charge in [-0.25, -0.2) is 0 Å². The van der Waals surface area contributed by atoms with Crippen LogP contribution < -0.4 is 0 Å². The highest BCUT2D eigenvalue weighted by Crippen LogP contribution is 2.26. The number of nitrogens with one attached hydrogen (secondary N) is 1. The molecule has 0 aliphatic heterocycles. The zero-order valence-corrected chi connectivity index (χ0v) is 9.14. The minimum absolute atomic E-state index is 0.566. The molecule has 1 unspecified atom stereocenters. The number of H-pyrrole nitrogens is 1. The molecule has 1 N–H and O–H groups in total. The molecule has 2 rings (SSSR count). The molecule has 0 radical (unpaired) electrons. The predicted molar refractivity (Wildman–Crippen MR) is 60.5 cm³/mol. The Kier molecular flexibility index (Phi) is 2.40. The van der Waals surface area contributed by atoms with Crippen molar-refractivity contribution in [2.45, 2.75) is 12.8 Å². The van der Waals surface area contributed by atoms with Crippen molar-refractivity contribution in [1.29, 1.82) is 0 Å². The Hall–Kier alpha value is -0.760. The molecule has 2 heteroatoms. The molecular formula is C11H12BrN. The summed E-state index contributed by atoms with van der Waals surface area (Å²) in [6.45, 7) is 2.23. The molecule has 0 aliphatic carbocycles. The maximum Gasteiger partial charge on any atom is 0.0456 e. The zero-order chi connectivity index (χ0) is 9.26. The molecule has 1 heterocycles. The van der Waals surface area contributed by atoms with E-state index in [-0.39, 0.29) is 0 Å². The number of para-hydroxylation sites is 1. The lowest BCUT2D eigenvalue weighted by Crippen LogP contribution is -1.91. The van der Waals surface area contributed by atoms with Crippen LogP contribution in [0.15, 0.2) is 30.5 Å². The second-order valence-corrected chi connectivity index (χ2v) is 3.99. The van der Waals surface area contributed by atoms with Crippen LogP contribution >= 0.6 is 15.9 Å². The Morgan fingerprint density at radius 2 is 2.15 bits per heavy atom. The molecule has 1 aromatic heterocycles. The van der Waals surface area contributed by atoms with Gasteiger partial charge in [0.2, 0.25) is 0 Å². The van der Waals surface area contributed by atoms with Crippen LogP contribution in [0.4, 0.5) is 0 Å². The SMILES string of the molecule is CC(CBr)c1c[nH]c2ccccc12. The van der Waals surface area contributed by atoms with E-state index in [0.29, 0.717) is 5.92 Å². The quantitative estimate of drug-likeness (QED) is 0.768. The summed E-state index contributed by atoms with van der Waals surface area (Å²) >= 11 is 3.51. The third-order valence-corrected chi connectivity index (χ3v) is 3.35. The van der Waals surface area contributed by atoms with E-state index in [1.807, 2.05) is 0 Å². The number of rotatable bonds is 2. The standard InChI is InChI=1S/C11H12BrN/c1-8(6-12)10-7-13-11-5-3-2-4-9(10)11/h2-5,7-8,13H,6H2,1H3. The normalized spacial score (nSPS) is 13.4. The summed E-state index contributed by atoms with van der Waals surface area (Å²) in [5, 5.41) is 2.35. The number of hydrogen-bond acceptors (Lipinski definition) is 0. The Balaban J connectivity index is 2.57. The van der Waals surface area contributed by atoms with Gasteiger partial charge in [0.25, 0.3) is 0 Å². The highest BCUT2D eigenvalue weighted by molar-refractivity contribution is 9.09. The Morgan fingerprint density at radius 3 is 2.92 bits per heavy atom. The number of alkyl halides is 1. The molecule has 0 bridgehead atoms.